The Morgan fingerprint density at radius 3 is 1.86 bits per heavy atom. The van der Waals surface area contributed by atoms with Crippen molar-refractivity contribution in [1.82, 2.24) is 0 Å². The van der Waals surface area contributed by atoms with E-state index in [1.807, 2.05) is 0 Å². The Morgan fingerprint density at radius 2 is 1.41 bits per heavy atom. The van der Waals surface area contributed by atoms with E-state index in [-0.39, 0.29) is 0 Å². The van der Waals surface area contributed by atoms with E-state index in [1.165, 1.54) is 30.3 Å². The fraction of sp³-hybridized carbons (Fsp3) is 0.650. The molecule has 22 heavy (non-hydrogen) atoms. The van der Waals surface area contributed by atoms with Gasteiger partial charge >= 0.3 is 0 Å². The Labute approximate surface area is 138 Å². The quantitative estimate of drug-likeness (QED) is 0.379. The molecule has 0 unspecified atom stereocenters. The summed E-state index contributed by atoms with van der Waals surface area (Å²) < 4.78 is 0. The van der Waals surface area contributed by atoms with E-state index in [4.69, 9.17) is 4.90 Å². The SMILES string of the molecule is CC(C)CC/C(=N\B(CC(C)C)CC(C)C)c1ccccc1. The monoisotopic (exact) mass is 299 g/mol. The highest BCUT2D eigenvalue weighted by Crippen LogP contribution is 2.19. The first kappa shape index (κ1) is 19.0. The van der Waals surface area contributed by atoms with Crippen molar-refractivity contribution in [2.45, 2.75) is 67.0 Å². The van der Waals surface area contributed by atoms with E-state index in [9.17, 15) is 0 Å². The molecule has 1 nitrogen and oxygen atoms in total. The van der Waals surface area contributed by atoms with Crippen LogP contribution in [0.2, 0.25) is 12.6 Å². The van der Waals surface area contributed by atoms with Gasteiger partial charge < -0.3 is 4.90 Å². The summed E-state index contributed by atoms with van der Waals surface area (Å²) in [5.74, 6) is 2.13. The van der Waals surface area contributed by atoms with Gasteiger partial charge in [-0.15, -0.1) is 0 Å². The average molecular weight is 299 g/mol. The van der Waals surface area contributed by atoms with Gasteiger partial charge in [0.15, 0.2) is 0 Å². The molecule has 0 heterocycles. The van der Waals surface area contributed by atoms with Crippen molar-refractivity contribution in [3.05, 3.63) is 35.9 Å². The third-order valence-electron chi connectivity index (χ3n) is 3.89. The van der Waals surface area contributed by atoms with Crippen LogP contribution in [0.25, 0.3) is 0 Å². The van der Waals surface area contributed by atoms with Gasteiger partial charge in [-0.1, -0.05) is 83.7 Å². The Balaban J connectivity index is 2.98. The van der Waals surface area contributed by atoms with Gasteiger partial charge in [-0.25, -0.2) is 0 Å². The molecule has 0 aliphatic rings. The molecule has 2 heteroatoms. The molecule has 1 rings (SSSR count). The highest BCUT2D eigenvalue weighted by molar-refractivity contribution is 6.59. The Morgan fingerprint density at radius 1 is 0.864 bits per heavy atom. The molecule has 0 N–H and O–H groups in total. The molecule has 0 spiro atoms. The predicted molar refractivity (Wildman–Crippen MR) is 102 cm³/mol. The standard InChI is InChI=1S/C20H34BN/c1-16(2)12-13-20(19-10-8-7-9-11-19)22-21(14-17(3)4)15-18(5)6/h7-11,16-18H,12-15H2,1-6H3/b22-20+. The van der Waals surface area contributed by atoms with Gasteiger partial charge in [-0.3, -0.25) is 0 Å². The minimum atomic E-state index is 0.461. The van der Waals surface area contributed by atoms with Crippen LogP contribution in [0.5, 0.6) is 0 Å². The fourth-order valence-corrected chi connectivity index (χ4v) is 2.85. The fourth-order valence-electron chi connectivity index (χ4n) is 2.85. The molecule has 0 fully saturated rings. The average Bonchev–Trinajstić information content (AvgIpc) is 2.42. The molecule has 0 aromatic heterocycles. The van der Waals surface area contributed by atoms with Gasteiger partial charge in [0.1, 0.15) is 0 Å². The third kappa shape index (κ3) is 7.82. The molecular formula is C20H34BN. The summed E-state index contributed by atoms with van der Waals surface area (Å²) >= 11 is 0. The van der Waals surface area contributed by atoms with Crippen molar-refractivity contribution in [3.63, 3.8) is 0 Å². The maximum atomic E-state index is 5.22. The maximum Gasteiger partial charge on any atom is 0.280 e. The Hall–Kier alpha value is -1.05. The normalized spacial score (nSPS) is 12.5. The lowest BCUT2D eigenvalue weighted by Gasteiger charge is -2.17. The molecule has 0 aliphatic heterocycles. The highest BCUT2D eigenvalue weighted by atomic mass is 14.7. The smallest absolute Gasteiger partial charge is 0.280 e. The Bertz CT molecular complexity index is 424. The van der Waals surface area contributed by atoms with Gasteiger partial charge in [-0.05, 0) is 37.0 Å². The largest absolute Gasteiger partial charge is 0.345 e. The molecule has 0 bridgehead atoms. The summed E-state index contributed by atoms with van der Waals surface area (Å²) in [5.41, 5.74) is 2.61. The van der Waals surface area contributed by atoms with Gasteiger partial charge in [-0.2, -0.15) is 0 Å². The zero-order valence-corrected chi connectivity index (χ0v) is 15.5. The van der Waals surface area contributed by atoms with Crippen molar-refractivity contribution in [3.8, 4) is 0 Å². The van der Waals surface area contributed by atoms with Crippen LogP contribution < -0.4 is 0 Å². The zero-order chi connectivity index (χ0) is 16.5. The van der Waals surface area contributed by atoms with E-state index >= 15 is 0 Å². The van der Waals surface area contributed by atoms with Gasteiger partial charge in [0.2, 0.25) is 0 Å². The summed E-state index contributed by atoms with van der Waals surface area (Å²) in [6, 6.07) is 10.8. The molecule has 0 saturated carbocycles. The van der Waals surface area contributed by atoms with E-state index in [0.29, 0.717) is 18.7 Å². The molecule has 0 radical (unpaired) electrons. The summed E-state index contributed by atoms with van der Waals surface area (Å²) in [6.07, 6.45) is 4.69. The van der Waals surface area contributed by atoms with E-state index < -0.39 is 0 Å². The van der Waals surface area contributed by atoms with E-state index in [2.05, 4.69) is 71.9 Å². The van der Waals surface area contributed by atoms with Crippen molar-refractivity contribution in [1.29, 1.82) is 0 Å². The second kappa shape index (κ2) is 9.87. The van der Waals surface area contributed by atoms with Crippen LogP contribution in [-0.2, 0) is 0 Å². The number of hydrogen-bond donors (Lipinski definition) is 0. The second-order valence-corrected chi connectivity index (χ2v) is 7.79. The molecule has 0 saturated heterocycles. The minimum absolute atomic E-state index is 0.461. The molecule has 0 atom stereocenters. The van der Waals surface area contributed by atoms with Crippen molar-refractivity contribution in [2.75, 3.05) is 0 Å². The molecular weight excluding hydrogens is 265 g/mol. The number of hydrogen-bond acceptors (Lipinski definition) is 1. The van der Waals surface area contributed by atoms with Crippen LogP contribution >= 0.6 is 0 Å². The lowest BCUT2D eigenvalue weighted by molar-refractivity contribution is 0.603. The Kier molecular flexibility index (Phi) is 8.52. The van der Waals surface area contributed by atoms with E-state index in [0.717, 1.165) is 12.3 Å². The lowest BCUT2D eigenvalue weighted by atomic mass is 9.52. The van der Waals surface area contributed by atoms with Crippen LogP contribution in [0.15, 0.2) is 35.2 Å². The van der Waals surface area contributed by atoms with Crippen LogP contribution in [-0.4, -0.2) is 12.6 Å². The number of benzene rings is 1. The van der Waals surface area contributed by atoms with Crippen LogP contribution in [0.3, 0.4) is 0 Å². The van der Waals surface area contributed by atoms with Crippen LogP contribution in [0.1, 0.15) is 59.9 Å². The molecule has 122 valence electrons. The summed E-state index contributed by atoms with van der Waals surface area (Å²) in [4.78, 5) is 5.22. The minimum Gasteiger partial charge on any atom is -0.345 e. The van der Waals surface area contributed by atoms with Gasteiger partial charge in [0, 0.05) is 5.71 Å². The summed E-state index contributed by atoms with van der Waals surface area (Å²) in [5, 5.41) is 0. The van der Waals surface area contributed by atoms with Crippen molar-refractivity contribution < 1.29 is 0 Å². The molecule has 1 aromatic carbocycles. The third-order valence-corrected chi connectivity index (χ3v) is 3.89. The van der Waals surface area contributed by atoms with Crippen LogP contribution in [0, 0.1) is 17.8 Å². The summed E-state index contributed by atoms with van der Waals surface area (Å²) in [6.45, 7) is 14.3. The first-order chi connectivity index (χ1) is 10.4. The first-order valence-corrected chi connectivity index (χ1v) is 9.00. The van der Waals surface area contributed by atoms with E-state index in [1.54, 1.807) is 0 Å². The lowest BCUT2D eigenvalue weighted by Crippen LogP contribution is -2.19. The highest BCUT2D eigenvalue weighted by Gasteiger charge is 2.18. The number of nitrogens with zero attached hydrogens (tertiary/aromatic N) is 1. The summed E-state index contributed by atoms with van der Waals surface area (Å²) in [7, 11) is 0. The molecule has 1 aromatic rings. The topological polar surface area (TPSA) is 12.4 Å². The van der Waals surface area contributed by atoms with Gasteiger partial charge in [0.05, 0.1) is 0 Å². The predicted octanol–water partition coefficient (Wildman–Crippen LogP) is 6.22. The zero-order valence-electron chi connectivity index (χ0n) is 15.5. The van der Waals surface area contributed by atoms with Crippen LogP contribution in [0.4, 0.5) is 0 Å². The first-order valence-electron chi connectivity index (χ1n) is 9.00. The molecule has 0 aliphatic carbocycles. The van der Waals surface area contributed by atoms with Gasteiger partial charge in [0.25, 0.3) is 6.85 Å². The number of rotatable bonds is 9. The maximum absolute atomic E-state index is 5.22. The molecule has 0 amide bonds. The van der Waals surface area contributed by atoms with Crippen molar-refractivity contribution >= 4 is 12.6 Å². The second-order valence-electron chi connectivity index (χ2n) is 7.79. The van der Waals surface area contributed by atoms with Crippen molar-refractivity contribution in [2.24, 2.45) is 22.7 Å².